The van der Waals surface area contributed by atoms with E-state index in [0.29, 0.717) is 53.3 Å². The highest BCUT2D eigenvalue weighted by Gasteiger charge is 2.12. The number of nitriles is 1. The number of halogens is 1. The molecule has 0 heterocycles. The van der Waals surface area contributed by atoms with Crippen LogP contribution in [0.25, 0.3) is 6.08 Å². The molecule has 0 aromatic heterocycles. The molecule has 4 aromatic rings. The van der Waals surface area contributed by atoms with E-state index in [0.717, 1.165) is 11.1 Å². The Hall–Kier alpha value is -4.73. The molecule has 40 heavy (non-hydrogen) atoms. The average molecular weight is 553 g/mol. The second kappa shape index (κ2) is 13.9. The van der Waals surface area contributed by atoms with Gasteiger partial charge >= 0.3 is 0 Å². The summed E-state index contributed by atoms with van der Waals surface area (Å²) in [5.74, 6) is 1.25. The van der Waals surface area contributed by atoms with E-state index in [1.165, 1.54) is 11.6 Å². The molecule has 0 aliphatic heterocycles. The standard InChI is InChI=1S/C33H29ClN2O4/c1-3-38-32-19-26(10-17-31(32)40-22-24-6-4-23(2)5-7-24)18-27(20-35)33(37)36-29-13-15-30(16-14-29)39-21-25-8-11-28(34)12-9-25/h4-19H,3,21-22H2,1-2H3,(H,36,37)/b27-18+. The first-order valence-corrected chi connectivity index (χ1v) is 13.2. The summed E-state index contributed by atoms with van der Waals surface area (Å²) in [4.78, 5) is 12.8. The van der Waals surface area contributed by atoms with Crippen LogP contribution in [0.2, 0.25) is 5.02 Å². The van der Waals surface area contributed by atoms with Gasteiger partial charge in [0.25, 0.3) is 5.91 Å². The molecule has 0 saturated carbocycles. The molecule has 4 rings (SSSR count). The molecule has 0 spiro atoms. The maximum Gasteiger partial charge on any atom is 0.266 e. The number of benzene rings is 4. The maximum absolute atomic E-state index is 12.8. The zero-order valence-corrected chi connectivity index (χ0v) is 23.1. The molecule has 0 unspecified atom stereocenters. The largest absolute Gasteiger partial charge is 0.490 e. The van der Waals surface area contributed by atoms with Crippen LogP contribution in [0.5, 0.6) is 17.2 Å². The SMILES string of the molecule is CCOc1cc(/C=C(\C#N)C(=O)Nc2ccc(OCc3ccc(Cl)cc3)cc2)ccc1OCc1ccc(C)cc1. The Bertz CT molecular complexity index is 1510. The van der Waals surface area contributed by atoms with Gasteiger partial charge in [0, 0.05) is 10.7 Å². The van der Waals surface area contributed by atoms with Crippen molar-refractivity contribution >= 4 is 29.3 Å². The molecular formula is C33H29ClN2O4. The fraction of sp³-hybridized carbons (Fsp3) is 0.152. The minimum absolute atomic E-state index is 0.0427. The number of rotatable bonds is 11. The number of carbonyl (C=O) groups excluding carboxylic acids is 1. The van der Waals surface area contributed by atoms with Gasteiger partial charge in [-0.2, -0.15) is 5.26 Å². The number of aryl methyl sites for hydroxylation is 1. The van der Waals surface area contributed by atoms with E-state index in [1.54, 1.807) is 42.5 Å². The number of anilines is 1. The van der Waals surface area contributed by atoms with Gasteiger partial charge in [0.1, 0.15) is 30.6 Å². The van der Waals surface area contributed by atoms with Gasteiger partial charge in [-0.25, -0.2) is 0 Å². The number of amides is 1. The number of carbonyl (C=O) groups is 1. The molecular weight excluding hydrogens is 524 g/mol. The summed E-state index contributed by atoms with van der Waals surface area (Å²) in [6, 6.07) is 29.8. The number of hydrogen-bond donors (Lipinski definition) is 1. The van der Waals surface area contributed by atoms with Crippen molar-refractivity contribution in [3.63, 3.8) is 0 Å². The lowest BCUT2D eigenvalue weighted by atomic mass is 10.1. The molecule has 0 saturated heterocycles. The maximum atomic E-state index is 12.8. The Balaban J connectivity index is 1.39. The first-order chi connectivity index (χ1) is 19.4. The smallest absolute Gasteiger partial charge is 0.266 e. The van der Waals surface area contributed by atoms with Crippen molar-refractivity contribution < 1.29 is 19.0 Å². The van der Waals surface area contributed by atoms with Crippen molar-refractivity contribution in [2.75, 3.05) is 11.9 Å². The van der Waals surface area contributed by atoms with Crippen LogP contribution in [0.4, 0.5) is 5.69 Å². The molecule has 4 aromatic carbocycles. The normalized spacial score (nSPS) is 10.9. The third-order valence-electron chi connectivity index (χ3n) is 5.89. The van der Waals surface area contributed by atoms with E-state index in [2.05, 4.69) is 5.32 Å². The third kappa shape index (κ3) is 8.13. The zero-order valence-electron chi connectivity index (χ0n) is 22.3. The average Bonchev–Trinajstić information content (AvgIpc) is 2.97. The molecule has 1 N–H and O–H groups in total. The summed E-state index contributed by atoms with van der Waals surface area (Å²) in [5.41, 5.74) is 4.36. The number of nitrogens with one attached hydrogen (secondary N) is 1. The fourth-order valence-corrected chi connectivity index (χ4v) is 3.87. The summed E-state index contributed by atoms with van der Waals surface area (Å²) < 4.78 is 17.5. The number of nitrogens with zero attached hydrogens (tertiary/aromatic N) is 1. The number of hydrogen-bond acceptors (Lipinski definition) is 5. The van der Waals surface area contributed by atoms with Crippen LogP contribution >= 0.6 is 11.6 Å². The van der Waals surface area contributed by atoms with Crippen LogP contribution in [0.15, 0.2) is 96.6 Å². The lowest BCUT2D eigenvalue weighted by Gasteiger charge is -2.13. The monoisotopic (exact) mass is 552 g/mol. The highest BCUT2D eigenvalue weighted by Crippen LogP contribution is 2.30. The van der Waals surface area contributed by atoms with E-state index >= 15 is 0 Å². The van der Waals surface area contributed by atoms with E-state index in [4.69, 9.17) is 25.8 Å². The molecule has 0 radical (unpaired) electrons. The summed E-state index contributed by atoms with van der Waals surface area (Å²) >= 11 is 5.92. The molecule has 0 fully saturated rings. The van der Waals surface area contributed by atoms with Crippen molar-refractivity contribution in [2.45, 2.75) is 27.1 Å². The Morgan fingerprint density at radius 3 is 2.15 bits per heavy atom. The highest BCUT2D eigenvalue weighted by molar-refractivity contribution is 6.30. The Kier molecular flexibility index (Phi) is 9.82. The Labute approximate surface area is 239 Å². The molecule has 0 atom stereocenters. The van der Waals surface area contributed by atoms with Crippen LogP contribution in [-0.2, 0) is 18.0 Å². The lowest BCUT2D eigenvalue weighted by Crippen LogP contribution is -2.13. The highest BCUT2D eigenvalue weighted by atomic mass is 35.5. The molecule has 7 heteroatoms. The second-order valence-electron chi connectivity index (χ2n) is 8.98. The third-order valence-corrected chi connectivity index (χ3v) is 6.14. The Morgan fingerprint density at radius 1 is 0.850 bits per heavy atom. The van der Waals surface area contributed by atoms with Crippen molar-refractivity contribution in [1.82, 2.24) is 0 Å². The van der Waals surface area contributed by atoms with Gasteiger partial charge in [-0.15, -0.1) is 0 Å². The summed E-state index contributed by atoms with van der Waals surface area (Å²) in [7, 11) is 0. The van der Waals surface area contributed by atoms with Gasteiger partial charge in [-0.1, -0.05) is 59.6 Å². The van der Waals surface area contributed by atoms with Crippen molar-refractivity contribution in [3.8, 4) is 23.3 Å². The molecule has 0 aliphatic rings. The quantitative estimate of drug-likeness (QED) is 0.152. The fourth-order valence-electron chi connectivity index (χ4n) is 3.74. The van der Waals surface area contributed by atoms with Gasteiger partial charge in [-0.05, 0) is 85.1 Å². The van der Waals surface area contributed by atoms with Gasteiger partial charge in [0.2, 0.25) is 0 Å². The topological polar surface area (TPSA) is 80.6 Å². The Morgan fingerprint density at radius 2 is 1.50 bits per heavy atom. The van der Waals surface area contributed by atoms with Crippen LogP contribution < -0.4 is 19.5 Å². The van der Waals surface area contributed by atoms with E-state index in [-0.39, 0.29) is 5.57 Å². The van der Waals surface area contributed by atoms with Crippen molar-refractivity contribution in [3.05, 3.63) is 124 Å². The molecule has 0 aliphatic carbocycles. The summed E-state index contributed by atoms with van der Waals surface area (Å²) in [6.07, 6.45) is 1.52. The van der Waals surface area contributed by atoms with E-state index in [1.807, 2.05) is 68.4 Å². The van der Waals surface area contributed by atoms with Gasteiger partial charge < -0.3 is 19.5 Å². The second-order valence-corrected chi connectivity index (χ2v) is 9.41. The first-order valence-electron chi connectivity index (χ1n) is 12.8. The predicted octanol–water partition coefficient (Wildman–Crippen LogP) is 7.75. The molecule has 202 valence electrons. The number of ether oxygens (including phenoxy) is 3. The van der Waals surface area contributed by atoms with Gasteiger partial charge in [0.05, 0.1) is 6.61 Å². The van der Waals surface area contributed by atoms with Crippen LogP contribution in [0, 0.1) is 18.3 Å². The first kappa shape index (κ1) is 28.3. The molecule has 6 nitrogen and oxygen atoms in total. The lowest BCUT2D eigenvalue weighted by molar-refractivity contribution is -0.112. The van der Waals surface area contributed by atoms with Crippen LogP contribution in [0.3, 0.4) is 0 Å². The van der Waals surface area contributed by atoms with Gasteiger partial charge in [-0.3, -0.25) is 4.79 Å². The van der Waals surface area contributed by atoms with E-state index < -0.39 is 5.91 Å². The molecule has 1 amide bonds. The van der Waals surface area contributed by atoms with Crippen molar-refractivity contribution in [2.24, 2.45) is 0 Å². The van der Waals surface area contributed by atoms with Crippen LogP contribution in [0.1, 0.15) is 29.2 Å². The predicted molar refractivity (Wildman–Crippen MR) is 158 cm³/mol. The zero-order chi connectivity index (χ0) is 28.3. The van der Waals surface area contributed by atoms with E-state index in [9.17, 15) is 10.1 Å². The molecule has 0 bridgehead atoms. The minimum atomic E-state index is -0.519. The minimum Gasteiger partial charge on any atom is -0.490 e. The van der Waals surface area contributed by atoms with Gasteiger partial charge in [0.15, 0.2) is 11.5 Å². The van der Waals surface area contributed by atoms with Crippen molar-refractivity contribution in [1.29, 1.82) is 5.26 Å². The summed E-state index contributed by atoms with van der Waals surface area (Å²) in [6.45, 7) is 5.15. The summed E-state index contributed by atoms with van der Waals surface area (Å²) in [5, 5.41) is 13.1. The van der Waals surface area contributed by atoms with Crippen LogP contribution in [-0.4, -0.2) is 12.5 Å².